The molecule has 1 heterocycles. The molecule has 2 unspecified atom stereocenters. The number of alkyl halides is 1. The minimum absolute atomic E-state index is 0.0202. The third-order valence-electron chi connectivity index (χ3n) is 10.2. The number of allylic oxidation sites excluding steroid dienone is 3. The van der Waals surface area contributed by atoms with E-state index >= 15 is 0 Å². The molecule has 0 N–H and O–H groups in total. The van der Waals surface area contributed by atoms with Crippen LogP contribution in [0.2, 0.25) is 0 Å². The summed E-state index contributed by atoms with van der Waals surface area (Å²) < 4.78 is 11.6. The van der Waals surface area contributed by atoms with Crippen LogP contribution < -0.4 is 0 Å². The van der Waals surface area contributed by atoms with Crippen LogP contribution in [0.15, 0.2) is 46.8 Å². The fourth-order valence-corrected chi connectivity index (χ4v) is 8.65. The van der Waals surface area contributed by atoms with E-state index in [4.69, 9.17) is 20.8 Å². The summed E-state index contributed by atoms with van der Waals surface area (Å²) in [5, 5.41) is 0. The van der Waals surface area contributed by atoms with E-state index < -0.39 is 5.41 Å². The Morgan fingerprint density at radius 2 is 1.97 bits per heavy atom. The van der Waals surface area contributed by atoms with Gasteiger partial charge in [0.2, 0.25) is 0 Å². The van der Waals surface area contributed by atoms with Gasteiger partial charge >= 0.3 is 5.97 Å². The van der Waals surface area contributed by atoms with Crippen molar-refractivity contribution in [1.82, 2.24) is 0 Å². The summed E-state index contributed by atoms with van der Waals surface area (Å²) in [6.45, 7) is 11.1. The minimum Gasteiger partial charge on any atom is -0.472 e. The van der Waals surface area contributed by atoms with E-state index in [1.54, 1.807) is 6.26 Å². The van der Waals surface area contributed by atoms with E-state index in [1.165, 1.54) is 11.1 Å². The highest BCUT2D eigenvalue weighted by Gasteiger charge is 2.68. The molecule has 4 aliphatic carbocycles. The van der Waals surface area contributed by atoms with Crippen molar-refractivity contribution < 1.29 is 18.7 Å². The summed E-state index contributed by atoms with van der Waals surface area (Å²) in [4.78, 5) is 25.4. The molecule has 0 saturated heterocycles. The monoisotopic (exact) mass is 470 g/mol. The first-order valence-electron chi connectivity index (χ1n) is 12.2. The van der Waals surface area contributed by atoms with E-state index in [9.17, 15) is 9.59 Å². The predicted octanol–water partition coefficient (Wildman–Crippen LogP) is 6.46. The molecular formula is C28H35ClO4. The molecule has 1 aromatic heterocycles. The van der Waals surface area contributed by atoms with Gasteiger partial charge in [-0.05, 0) is 72.0 Å². The van der Waals surface area contributed by atoms with Crippen LogP contribution in [0.4, 0.5) is 0 Å². The maximum absolute atomic E-state index is 12.9. The number of furan rings is 1. The third-order valence-corrected chi connectivity index (χ3v) is 10.5. The van der Waals surface area contributed by atoms with Gasteiger partial charge in [-0.15, -0.1) is 11.6 Å². The Balaban J connectivity index is 1.64. The summed E-state index contributed by atoms with van der Waals surface area (Å²) in [5.41, 5.74) is 1.66. The number of fused-ring (bicyclic) bond motifs is 5. The lowest BCUT2D eigenvalue weighted by Crippen LogP contribution is -2.64. The number of esters is 1. The Hall–Kier alpha value is -1.81. The number of ketones is 1. The molecule has 4 nitrogen and oxygen atoms in total. The fourth-order valence-electron chi connectivity index (χ4n) is 8.59. The number of rotatable bonds is 3. The molecule has 178 valence electrons. The standard InChI is InChI=1S/C28H35ClO4/c1-25(2)21-14-23(33-24(31)15-29)28(5)19-7-6-18(17-10-13-32-16-17)26(19,3)11-8-20(28)27(21,4)12-9-22(25)30/h7,9-10,12-13,16,18,20-21,23H,6,8,11,14-15H2,1-5H3/t18-,20?,21?,23+,26-,27+,28-/m0/s1. The lowest BCUT2D eigenvalue weighted by molar-refractivity contribution is -0.186. The Bertz CT molecular complexity index is 1040. The first kappa shape index (κ1) is 23.0. The molecule has 7 atom stereocenters. The lowest BCUT2D eigenvalue weighted by atomic mass is 9.38. The molecule has 2 saturated carbocycles. The van der Waals surface area contributed by atoms with Gasteiger partial charge < -0.3 is 9.15 Å². The third kappa shape index (κ3) is 2.95. The van der Waals surface area contributed by atoms with Crippen molar-refractivity contribution in [2.24, 2.45) is 33.5 Å². The van der Waals surface area contributed by atoms with Crippen LogP contribution in [-0.2, 0) is 14.3 Å². The highest BCUT2D eigenvalue weighted by molar-refractivity contribution is 6.26. The molecule has 0 aromatic carbocycles. The van der Waals surface area contributed by atoms with Crippen molar-refractivity contribution in [3.8, 4) is 0 Å². The maximum atomic E-state index is 12.9. The molecule has 33 heavy (non-hydrogen) atoms. The van der Waals surface area contributed by atoms with E-state index in [2.05, 4.69) is 52.8 Å². The molecule has 1 aromatic rings. The zero-order valence-electron chi connectivity index (χ0n) is 20.3. The van der Waals surface area contributed by atoms with E-state index in [-0.39, 0.29) is 51.8 Å². The van der Waals surface area contributed by atoms with Crippen LogP contribution in [0, 0.1) is 33.5 Å². The number of ether oxygens (including phenoxy) is 1. The first-order valence-corrected chi connectivity index (χ1v) is 12.8. The first-order chi connectivity index (χ1) is 15.5. The quantitative estimate of drug-likeness (QED) is 0.289. The smallest absolute Gasteiger partial charge is 0.321 e. The number of halogens is 1. The highest BCUT2D eigenvalue weighted by atomic mass is 35.5. The van der Waals surface area contributed by atoms with Gasteiger partial charge in [0.15, 0.2) is 5.78 Å². The molecule has 4 aliphatic rings. The predicted molar refractivity (Wildman–Crippen MR) is 128 cm³/mol. The molecule has 5 rings (SSSR count). The molecule has 0 bridgehead atoms. The zero-order chi connectivity index (χ0) is 23.8. The molecule has 0 radical (unpaired) electrons. The summed E-state index contributed by atoms with van der Waals surface area (Å²) in [6, 6.07) is 2.09. The van der Waals surface area contributed by atoms with Crippen LogP contribution in [0.25, 0.3) is 0 Å². The fraction of sp³-hybridized carbons (Fsp3) is 0.643. The van der Waals surface area contributed by atoms with Crippen molar-refractivity contribution in [2.75, 3.05) is 5.88 Å². The van der Waals surface area contributed by atoms with E-state index in [0.29, 0.717) is 12.3 Å². The highest BCUT2D eigenvalue weighted by Crippen LogP contribution is 2.72. The van der Waals surface area contributed by atoms with Gasteiger partial charge in [-0.2, -0.15) is 0 Å². The Labute approximate surface area is 201 Å². The van der Waals surface area contributed by atoms with Gasteiger partial charge in [-0.25, -0.2) is 0 Å². The Morgan fingerprint density at radius 1 is 1.21 bits per heavy atom. The molecular weight excluding hydrogens is 436 g/mol. The molecule has 0 spiro atoms. The number of hydrogen-bond acceptors (Lipinski definition) is 4. The summed E-state index contributed by atoms with van der Waals surface area (Å²) >= 11 is 5.90. The van der Waals surface area contributed by atoms with Crippen LogP contribution in [-0.4, -0.2) is 23.7 Å². The minimum atomic E-state index is -0.499. The van der Waals surface area contributed by atoms with Gasteiger partial charge in [0.25, 0.3) is 0 Å². The second-order valence-electron chi connectivity index (χ2n) is 11.9. The second kappa shape index (κ2) is 7.34. The van der Waals surface area contributed by atoms with Crippen LogP contribution in [0.1, 0.15) is 71.8 Å². The van der Waals surface area contributed by atoms with Gasteiger partial charge in [-0.3, -0.25) is 9.59 Å². The van der Waals surface area contributed by atoms with Crippen molar-refractivity contribution in [1.29, 1.82) is 0 Å². The summed E-state index contributed by atoms with van der Waals surface area (Å²) in [5.74, 6) is 0.358. The average Bonchev–Trinajstić information content (AvgIpc) is 3.40. The van der Waals surface area contributed by atoms with E-state index in [1.807, 2.05) is 12.3 Å². The Kier molecular flexibility index (Phi) is 5.11. The summed E-state index contributed by atoms with van der Waals surface area (Å²) in [7, 11) is 0. The van der Waals surface area contributed by atoms with Crippen LogP contribution >= 0.6 is 11.6 Å². The number of carbonyl (C=O) groups is 2. The van der Waals surface area contributed by atoms with Crippen molar-refractivity contribution in [2.45, 2.75) is 72.3 Å². The normalized spacial score (nSPS) is 43.3. The topological polar surface area (TPSA) is 56.5 Å². The van der Waals surface area contributed by atoms with Crippen molar-refractivity contribution >= 4 is 23.4 Å². The van der Waals surface area contributed by atoms with Crippen molar-refractivity contribution in [3.05, 3.63) is 48.0 Å². The van der Waals surface area contributed by atoms with Gasteiger partial charge in [0, 0.05) is 10.8 Å². The van der Waals surface area contributed by atoms with Crippen LogP contribution in [0.3, 0.4) is 0 Å². The van der Waals surface area contributed by atoms with Crippen molar-refractivity contribution in [3.63, 3.8) is 0 Å². The number of carbonyl (C=O) groups excluding carboxylic acids is 2. The zero-order valence-corrected chi connectivity index (χ0v) is 21.1. The van der Waals surface area contributed by atoms with Gasteiger partial charge in [0.05, 0.1) is 12.5 Å². The summed E-state index contributed by atoms with van der Waals surface area (Å²) in [6.07, 6.45) is 13.5. The van der Waals surface area contributed by atoms with Crippen LogP contribution in [0.5, 0.6) is 0 Å². The molecule has 5 heteroatoms. The molecule has 2 fully saturated rings. The molecule has 0 aliphatic heterocycles. The lowest BCUT2D eigenvalue weighted by Gasteiger charge is -2.66. The van der Waals surface area contributed by atoms with E-state index in [0.717, 1.165) is 19.3 Å². The van der Waals surface area contributed by atoms with Gasteiger partial charge in [0.1, 0.15) is 12.0 Å². The SMILES string of the molecule is CC1(C)C(=O)C=C[C@@]2(C)C1C[C@@H](OC(=O)CCl)[C@@]1(C)C3=CC[C@@H](c4ccoc4)[C@]3(C)CCC21. The average molecular weight is 471 g/mol. The second-order valence-corrected chi connectivity index (χ2v) is 12.2. The number of hydrogen-bond donors (Lipinski definition) is 0. The largest absolute Gasteiger partial charge is 0.472 e. The Morgan fingerprint density at radius 3 is 2.64 bits per heavy atom. The van der Waals surface area contributed by atoms with Gasteiger partial charge in [-0.1, -0.05) is 52.3 Å². The maximum Gasteiger partial charge on any atom is 0.321 e. The molecule has 0 amide bonds.